The smallest absolute Gasteiger partial charge is 0.433 e. The van der Waals surface area contributed by atoms with Crippen molar-refractivity contribution in [3.05, 3.63) is 27.0 Å². The molecule has 1 fully saturated rings. The van der Waals surface area contributed by atoms with E-state index in [4.69, 9.17) is 32.9 Å². The number of ether oxygens (including phenoxy) is 3. The summed E-state index contributed by atoms with van der Waals surface area (Å²) in [6.45, 7) is 8.31. The second kappa shape index (κ2) is 14.0. The first-order valence-electron chi connectivity index (χ1n) is 11.3. The number of aliphatic hydroxyl groups is 1. The highest BCUT2D eigenvalue weighted by molar-refractivity contribution is 7.55. The minimum absolute atomic E-state index is 0.223. The Morgan fingerprint density at radius 1 is 1.03 bits per heavy atom. The number of hydrogen-bond acceptors (Lipinski definition) is 13. The fourth-order valence-corrected chi connectivity index (χ4v) is 3.52. The minimum atomic E-state index is -4.11. The van der Waals surface area contributed by atoms with Gasteiger partial charge in [0, 0.05) is 7.11 Å². The number of aromatic amines is 1. The predicted octanol–water partition coefficient (Wildman–Crippen LogP) is 1.03. The van der Waals surface area contributed by atoms with Crippen molar-refractivity contribution >= 4 is 20.1 Å². The maximum atomic E-state index is 12.0. The van der Waals surface area contributed by atoms with Crippen LogP contribution in [0.25, 0.3) is 0 Å². The standard InChI is InChI=1S/C20H32N3O11P.CH4O/c1-19(2,3)16(25)29-11-32-35(28,33-12-30-17(26)20(4,5)6)31-10-13-7-8-15(34-13)23-18(27)22-14(24)9-21-23;1-2/h9,13,15,28H,7-8,10-12H2,1-6H3;2H,1H3/p+1. The van der Waals surface area contributed by atoms with Crippen LogP contribution >= 0.6 is 8.17 Å². The SMILES string of the molecule is CC(C)(C)C(=O)OCO[P+](O)(OCOC(=O)C(C)(C)C)OCC1CCC(n2ncc(=O)[nH]c2=O)O1.CO. The van der Waals surface area contributed by atoms with Crippen molar-refractivity contribution in [1.29, 1.82) is 0 Å². The van der Waals surface area contributed by atoms with Crippen LogP contribution in [0, 0.1) is 10.8 Å². The fourth-order valence-electron chi connectivity index (χ4n) is 2.57. The van der Waals surface area contributed by atoms with Gasteiger partial charge in [0.1, 0.15) is 12.8 Å². The second-order valence-corrected chi connectivity index (χ2v) is 11.5. The summed E-state index contributed by atoms with van der Waals surface area (Å²) in [5.41, 5.74) is -2.96. The lowest BCUT2D eigenvalue weighted by Crippen LogP contribution is -2.34. The van der Waals surface area contributed by atoms with Crippen LogP contribution in [0.2, 0.25) is 0 Å². The lowest BCUT2D eigenvalue weighted by molar-refractivity contribution is -0.165. The number of esters is 2. The van der Waals surface area contributed by atoms with E-state index in [1.165, 1.54) is 0 Å². The molecule has 0 spiro atoms. The fraction of sp³-hybridized carbons (Fsp3) is 0.762. The summed E-state index contributed by atoms with van der Waals surface area (Å²) < 4.78 is 32.5. The Labute approximate surface area is 214 Å². The Bertz CT molecular complexity index is 966. The van der Waals surface area contributed by atoms with E-state index in [0.717, 1.165) is 18.0 Å². The molecule has 1 saturated heterocycles. The highest BCUT2D eigenvalue weighted by atomic mass is 31.2. The molecule has 0 aliphatic carbocycles. The number of nitrogens with zero attached hydrogens (tertiary/aromatic N) is 2. The number of aromatic nitrogens is 3. The van der Waals surface area contributed by atoms with Crippen molar-refractivity contribution in [1.82, 2.24) is 14.8 Å². The molecular formula is C21H37N3O12P+. The maximum Gasteiger partial charge on any atom is 0.579 e. The molecule has 2 rings (SSSR count). The predicted molar refractivity (Wildman–Crippen MR) is 128 cm³/mol. The number of rotatable bonds is 10. The first-order valence-corrected chi connectivity index (χ1v) is 12.8. The van der Waals surface area contributed by atoms with E-state index in [1.807, 2.05) is 0 Å². The zero-order chi connectivity index (χ0) is 28.4. The number of aliphatic hydroxyl groups excluding tert-OH is 1. The first kappa shape index (κ1) is 32.8. The molecule has 15 nitrogen and oxygen atoms in total. The molecule has 0 saturated carbocycles. The molecule has 2 heterocycles. The minimum Gasteiger partial charge on any atom is -0.433 e. The molecule has 2 unspecified atom stereocenters. The molecule has 1 aliphatic heterocycles. The van der Waals surface area contributed by atoms with Gasteiger partial charge in [0.25, 0.3) is 5.56 Å². The van der Waals surface area contributed by atoms with Gasteiger partial charge in [-0.15, -0.1) is 9.05 Å². The molecule has 16 heteroatoms. The largest absolute Gasteiger partial charge is 0.579 e. The molecule has 3 N–H and O–H groups in total. The van der Waals surface area contributed by atoms with Crippen molar-refractivity contribution in [2.24, 2.45) is 10.8 Å². The van der Waals surface area contributed by atoms with Crippen molar-refractivity contribution in [2.75, 3.05) is 27.3 Å². The van der Waals surface area contributed by atoms with Gasteiger partial charge in [-0.25, -0.2) is 4.79 Å². The van der Waals surface area contributed by atoms with Gasteiger partial charge in [0.15, 0.2) is 6.23 Å². The topological polar surface area (TPSA) is 198 Å². The van der Waals surface area contributed by atoms with Gasteiger partial charge in [-0.05, 0) is 54.4 Å². The van der Waals surface area contributed by atoms with Crippen LogP contribution in [0.15, 0.2) is 15.8 Å². The molecule has 37 heavy (non-hydrogen) atoms. The maximum absolute atomic E-state index is 12.0. The third-order valence-corrected chi connectivity index (χ3v) is 5.89. The van der Waals surface area contributed by atoms with Crippen molar-refractivity contribution < 1.29 is 47.4 Å². The van der Waals surface area contributed by atoms with E-state index in [0.29, 0.717) is 12.8 Å². The molecular weight excluding hydrogens is 517 g/mol. The van der Waals surface area contributed by atoms with E-state index in [-0.39, 0.29) is 6.61 Å². The molecule has 0 bridgehead atoms. The van der Waals surface area contributed by atoms with Crippen LogP contribution < -0.4 is 11.2 Å². The summed E-state index contributed by atoms with van der Waals surface area (Å²) in [5, 5.41) is 10.8. The molecule has 1 aromatic heterocycles. The molecule has 1 aromatic rings. The first-order chi connectivity index (χ1) is 17.1. The zero-order valence-corrected chi connectivity index (χ0v) is 23.0. The molecule has 2 atom stereocenters. The highest BCUT2D eigenvalue weighted by Crippen LogP contribution is 2.58. The monoisotopic (exact) mass is 554 g/mol. The third kappa shape index (κ3) is 10.9. The highest BCUT2D eigenvalue weighted by Gasteiger charge is 2.48. The summed E-state index contributed by atoms with van der Waals surface area (Å²) in [7, 11) is -3.11. The van der Waals surface area contributed by atoms with Gasteiger partial charge in [-0.2, -0.15) is 19.2 Å². The normalized spacial score (nSPS) is 18.1. The summed E-state index contributed by atoms with van der Waals surface area (Å²) in [4.78, 5) is 59.9. The summed E-state index contributed by atoms with van der Waals surface area (Å²) in [5.74, 6) is -1.16. The summed E-state index contributed by atoms with van der Waals surface area (Å²) in [6.07, 6.45) is 0.432. The number of hydrogen-bond donors (Lipinski definition) is 3. The third-order valence-electron chi connectivity index (χ3n) is 4.56. The van der Waals surface area contributed by atoms with E-state index in [2.05, 4.69) is 10.1 Å². The van der Waals surface area contributed by atoms with Crippen LogP contribution in [0.4, 0.5) is 0 Å². The van der Waals surface area contributed by atoms with Crippen molar-refractivity contribution in [3.63, 3.8) is 0 Å². The number of H-pyrrole nitrogens is 1. The van der Waals surface area contributed by atoms with Crippen LogP contribution in [0.5, 0.6) is 0 Å². The summed E-state index contributed by atoms with van der Waals surface area (Å²) >= 11 is 0. The average Bonchev–Trinajstić information content (AvgIpc) is 3.26. The quantitative estimate of drug-likeness (QED) is 0.211. The number of carbonyl (C=O) groups is 2. The van der Waals surface area contributed by atoms with Gasteiger partial charge in [-0.1, -0.05) is 0 Å². The van der Waals surface area contributed by atoms with Gasteiger partial charge < -0.3 is 19.3 Å². The lowest BCUT2D eigenvalue weighted by Gasteiger charge is -2.20. The van der Waals surface area contributed by atoms with Crippen LogP contribution in [-0.2, 0) is 37.4 Å². The lowest BCUT2D eigenvalue weighted by atomic mass is 9.98. The number of carbonyl (C=O) groups excluding carboxylic acids is 2. The molecule has 1 aliphatic rings. The Morgan fingerprint density at radius 2 is 1.54 bits per heavy atom. The Morgan fingerprint density at radius 3 is 2.00 bits per heavy atom. The van der Waals surface area contributed by atoms with Gasteiger partial charge in [-0.3, -0.25) is 19.4 Å². The zero-order valence-electron chi connectivity index (χ0n) is 22.1. The Balaban J connectivity index is 0.00000334. The van der Waals surface area contributed by atoms with E-state index in [9.17, 15) is 24.1 Å². The van der Waals surface area contributed by atoms with E-state index < -0.39 is 68.1 Å². The second-order valence-electron chi connectivity index (χ2n) is 9.80. The van der Waals surface area contributed by atoms with Crippen LogP contribution in [-0.4, -0.2) is 70.1 Å². The van der Waals surface area contributed by atoms with Gasteiger partial charge in [0.2, 0.25) is 13.6 Å². The molecule has 0 amide bonds. The van der Waals surface area contributed by atoms with Gasteiger partial charge >= 0.3 is 25.8 Å². The van der Waals surface area contributed by atoms with Crippen LogP contribution in [0.3, 0.4) is 0 Å². The van der Waals surface area contributed by atoms with Crippen molar-refractivity contribution in [2.45, 2.75) is 66.7 Å². The Hall–Kier alpha value is -2.26. The molecule has 212 valence electrons. The van der Waals surface area contributed by atoms with E-state index in [1.54, 1.807) is 41.5 Å². The van der Waals surface area contributed by atoms with Crippen LogP contribution in [0.1, 0.15) is 60.6 Å². The van der Waals surface area contributed by atoms with Crippen molar-refractivity contribution in [3.8, 4) is 0 Å². The molecule has 0 radical (unpaired) electrons. The van der Waals surface area contributed by atoms with E-state index >= 15 is 0 Å². The molecule has 0 aromatic carbocycles. The number of nitrogens with one attached hydrogen (secondary N) is 1. The average molecular weight is 555 g/mol. The summed E-state index contributed by atoms with van der Waals surface area (Å²) in [6, 6.07) is 0. The van der Waals surface area contributed by atoms with Gasteiger partial charge in [0.05, 0.1) is 16.9 Å². The Kier molecular flexibility index (Phi) is 12.4.